The highest BCUT2D eigenvalue weighted by molar-refractivity contribution is 5.87. The Labute approximate surface area is 126 Å². The van der Waals surface area contributed by atoms with Crippen LogP contribution in [0, 0.1) is 0 Å². The Morgan fingerprint density at radius 2 is 1.90 bits per heavy atom. The molecule has 0 spiro atoms. The summed E-state index contributed by atoms with van der Waals surface area (Å²) in [5.74, 6) is 0.787. The molecule has 0 saturated heterocycles. The third kappa shape index (κ3) is 4.66. The third-order valence-electron chi connectivity index (χ3n) is 2.43. The van der Waals surface area contributed by atoms with Crippen molar-refractivity contribution in [1.82, 2.24) is 15.0 Å². The second-order valence-electron chi connectivity index (χ2n) is 3.86. The summed E-state index contributed by atoms with van der Waals surface area (Å²) in [4.78, 5) is 23.3. The Hall–Kier alpha value is -2.80. The summed E-state index contributed by atoms with van der Waals surface area (Å²) in [6.45, 7) is 0. The molecule has 0 aliphatic heterocycles. The fourth-order valence-corrected chi connectivity index (χ4v) is 1.46. The summed E-state index contributed by atoms with van der Waals surface area (Å²) in [5.41, 5.74) is 6.17. The van der Waals surface area contributed by atoms with Crippen LogP contribution in [-0.2, 0) is 0 Å². The van der Waals surface area contributed by atoms with Crippen molar-refractivity contribution >= 4 is 11.7 Å². The molecule has 0 aliphatic rings. The van der Waals surface area contributed by atoms with Gasteiger partial charge in [0.1, 0.15) is 12.4 Å². The number of nitrogens with two attached hydrogens (primary N) is 1. The summed E-state index contributed by atoms with van der Waals surface area (Å²) in [6.07, 6.45) is 7.13. The van der Waals surface area contributed by atoms with E-state index in [9.17, 15) is 4.79 Å². The molecule has 8 heteroatoms. The maximum absolute atomic E-state index is 10.3. The Morgan fingerprint density at radius 1 is 1.19 bits per heavy atom. The number of H-pyrrole nitrogens is 3. The SMILES string of the molecule is Nc1ccc(C(=O)O)cc1.[Cl-].c1c[nH]c(-c2[nH]cc[nH+]2)n1. The monoisotopic (exact) mass is 307 g/mol. The van der Waals surface area contributed by atoms with Crippen LogP contribution in [0.4, 0.5) is 5.69 Å². The fraction of sp³-hybridized carbons (Fsp3) is 0. The van der Waals surface area contributed by atoms with E-state index >= 15 is 0 Å². The van der Waals surface area contributed by atoms with E-state index in [2.05, 4.69) is 19.9 Å². The highest BCUT2D eigenvalue weighted by Gasteiger charge is 2.05. The second kappa shape index (κ2) is 7.71. The second-order valence-corrected chi connectivity index (χ2v) is 3.86. The summed E-state index contributed by atoms with van der Waals surface area (Å²) in [5, 5.41) is 8.43. The Morgan fingerprint density at radius 3 is 2.38 bits per heavy atom. The highest BCUT2D eigenvalue weighted by atomic mass is 35.5. The van der Waals surface area contributed by atoms with Gasteiger partial charge in [0.2, 0.25) is 5.82 Å². The molecule has 7 nitrogen and oxygen atoms in total. The van der Waals surface area contributed by atoms with E-state index in [1.165, 1.54) is 12.1 Å². The summed E-state index contributed by atoms with van der Waals surface area (Å²) in [6, 6.07) is 6.06. The lowest BCUT2D eigenvalue weighted by Crippen LogP contribution is -3.00. The van der Waals surface area contributed by atoms with Crippen LogP contribution >= 0.6 is 0 Å². The number of anilines is 1. The van der Waals surface area contributed by atoms with E-state index in [-0.39, 0.29) is 18.0 Å². The zero-order chi connectivity index (χ0) is 14.4. The molecule has 0 aliphatic carbocycles. The van der Waals surface area contributed by atoms with Gasteiger partial charge in [0.15, 0.2) is 0 Å². The van der Waals surface area contributed by atoms with Gasteiger partial charge < -0.3 is 28.2 Å². The average molecular weight is 308 g/mol. The number of halogens is 1. The van der Waals surface area contributed by atoms with Crippen LogP contribution in [0.25, 0.3) is 11.6 Å². The molecule has 0 amide bonds. The van der Waals surface area contributed by atoms with Crippen molar-refractivity contribution in [1.29, 1.82) is 0 Å². The van der Waals surface area contributed by atoms with Gasteiger partial charge in [-0.25, -0.2) is 19.7 Å². The van der Waals surface area contributed by atoms with Crippen LogP contribution in [0.2, 0.25) is 0 Å². The number of rotatable bonds is 2. The minimum atomic E-state index is -0.931. The normalized spacial score (nSPS) is 9.14. The van der Waals surface area contributed by atoms with Crippen LogP contribution in [0.5, 0.6) is 0 Å². The molecule has 1 aromatic carbocycles. The van der Waals surface area contributed by atoms with Gasteiger partial charge in [0.05, 0.1) is 5.56 Å². The van der Waals surface area contributed by atoms with Crippen molar-refractivity contribution in [2.75, 3.05) is 5.73 Å². The smallest absolute Gasteiger partial charge is 0.335 e. The summed E-state index contributed by atoms with van der Waals surface area (Å²) >= 11 is 0. The number of nitrogen functional groups attached to an aromatic ring is 1. The van der Waals surface area contributed by atoms with E-state index in [1.807, 2.05) is 12.4 Å². The Kier molecular flexibility index (Phi) is 5.97. The number of aromatic nitrogens is 4. The van der Waals surface area contributed by atoms with Gasteiger partial charge in [0, 0.05) is 18.1 Å². The molecule has 6 N–H and O–H groups in total. The van der Waals surface area contributed by atoms with E-state index in [0.29, 0.717) is 5.69 Å². The van der Waals surface area contributed by atoms with Crippen molar-refractivity contribution in [3.05, 3.63) is 54.6 Å². The van der Waals surface area contributed by atoms with Crippen LogP contribution in [0.3, 0.4) is 0 Å². The molecule has 0 bridgehead atoms. The van der Waals surface area contributed by atoms with E-state index in [0.717, 1.165) is 11.6 Å². The number of carbonyl (C=O) groups is 1. The number of carboxylic acids is 1. The molecule has 3 rings (SSSR count). The lowest BCUT2D eigenvalue weighted by Gasteiger charge is -1.93. The van der Waals surface area contributed by atoms with Gasteiger partial charge in [-0.15, -0.1) is 0 Å². The summed E-state index contributed by atoms with van der Waals surface area (Å²) in [7, 11) is 0. The van der Waals surface area contributed by atoms with Crippen molar-refractivity contribution in [3.8, 4) is 11.6 Å². The number of aromatic amines is 3. The highest BCUT2D eigenvalue weighted by Crippen LogP contribution is 2.04. The number of nitrogens with zero attached hydrogens (tertiary/aromatic N) is 1. The molecule has 2 heterocycles. The number of nitrogens with one attached hydrogen (secondary N) is 3. The fourth-order valence-electron chi connectivity index (χ4n) is 1.46. The van der Waals surface area contributed by atoms with Gasteiger partial charge >= 0.3 is 11.8 Å². The molecular weight excluding hydrogens is 294 g/mol. The number of benzene rings is 1. The lowest BCUT2D eigenvalue weighted by atomic mass is 10.2. The van der Waals surface area contributed by atoms with Crippen molar-refractivity contribution in [2.45, 2.75) is 0 Å². The Balaban J connectivity index is 0.000000200. The predicted octanol–water partition coefficient (Wildman–Crippen LogP) is -1.81. The third-order valence-corrected chi connectivity index (χ3v) is 2.43. The van der Waals surface area contributed by atoms with E-state index in [1.54, 1.807) is 24.5 Å². The number of hydrogen-bond acceptors (Lipinski definition) is 3. The predicted molar refractivity (Wildman–Crippen MR) is 72.7 cm³/mol. The molecule has 0 saturated carbocycles. The molecule has 0 unspecified atom stereocenters. The first kappa shape index (κ1) is 16.3. The average Bonchev–Trinajstić information content (AvgIpc) is 3.13. The number of aromatic carboxylic acids is 1. The molecule has 21 heavy (non-hydrogen) atoms. The molecule has 0 radical (unpaired) electrons. The van der Waals surface area contributed by atoms with Gasteiger partial charge in [-0.3, -0.25) is 0 Å². The molecule has 2 aromatic heterocycles. The first-order valence-corrected chi connectivity index (χ1v) is 5.80. The Bertz CT molecular complexity index is 618. The zero-order valence-corrected chi connectivity index (χ0v) is 11.6. The van der Waals surface area contributed by atoms with Crippen molar-refractivity contribution < 1.29 is 27.3 Å². The van der Waals surface area contributed by atoms with Crippen LogP contribution in [0.1, 0.15) is 10.4 Å². The number of carboxylic acid groups (broad SMARTS) is 1. The standard InChI is InChI=1S/C7H7NO2.C6H6N4.ClH/c8-6-3-1-5(2-4-6)7(9)10;1-2-8-5(7-1)6-9-3-4-10-6;/h1-4H,8H2,(H,9,10);1-4H,(H,7,8)(H,9,10);1H. The van der Waals surface area contributed by atoms with Crippen LogP contribution in [0.15, 0.2) is 49.1 Å². The van der Waals surface area contributed by atoms with Gasteiger partial charge in [-0.1, -0.05) is 0 Å². The van der Waals surface area contributed by atoms with Gasteiger partial charge in [-0.2, -0.15) is 0 Å². The molecule has 110 valence electrons. The summed E-state index contributed by atoms with van der Waals surface area (Å²) < 4.78 is 0. The first-order chi connectivity index (χ1) is 9.66. The van der Waals surface area contributed by atoms with E-state index in [4.69, 9.17) is 10.8 Å². The van der Waals surface area contributed by atoms with Crippen molar-refractivity contribution in [2.24, 2.45) is 0 Å². The van der Waals surface area contributed by atoms with Crippen LogP contribution < -0.4 is 23.1 Å². The first-order valence-electron chi connectivity index (χ1n) is 5.80. The largest absolute Gasteiger partial charge is 1.00 e. The number of imidazole rings is 2. The minimum absolute atomic E-state index is 0. The molecular formula is C13H14ClN5O2. The molecule has 0 atom stereocenters. The quantitative estimate of drug-likeness (QED) is 0.417. The number of hydrogen-bond donors (Lipinski definition) is 4. The topological polar surface area (TPSA) is 122 Å². The maximum atomic E-state index is 10.3. The van der Waals surface area contributed by atoms with Crippen molar-refractivity contribution in [3.63, 3.8) is 0 Å². The van der Waals surface area contributed by atoms with Crippen LogP contribution in [-0.4, -0.2) is 26.0 Å². The van der Waals surface area contributed by atoms with Gasteiger partial charge in [0.25, 0.3) is 0 Å². The minimum Gasteiger partial charge on any atom is -1.00 e. The van der Waals surface area contributed by atoms with E-state index < -0.39 is 5.97 Å². The molecule has 3 aromatic rings. The van der Waals surface area contributed by atoms with Gasteiger partial charge in [-0.05, 0) is 24.3 Å². The lowest BCUT2D eigenvalue weighted by molar-refractivity contribution is -0.362. The zero-order valence-electron chi connectivity index (χ0n) is 10.9. The maximum Gasteiger partial charge on any atom is 0.335 e. The molecule has 0 fully saturated rings.